The fourth-order valence-electron chi connectivity index (χ4n) is 15.5. The van der Waals surface area contributed by atoms with Gasteiger partial charge in [-0.05, 0) is 125 Å². The summed E-state index contributed by atoms with van der Waals surface area (Å²) >= 11 is 0. The molecular formula is C89H101F3N14O10. The monoisotopic (exact) mass is 1580 g/mol. The number of benzene rings is 5. The number of carbonyl (C=O) groups is 5. The molecule has 10 heterocycles. The maximum absolute atomic E-state index is 13.8. The van der Waals surface area contributed by atoms with Crippen molar-refractivity contribution in [2.45, 2.75) is 174 Å². The van der Waals surface area contributed by atoms with Crippen LogP contribution in [0.1, 0.15) is 172 Å². The number of amides is 4. The van der Waals surface area contributed by atoms with E-state index in [-0.39, 0.29) is 47.2 Å². The molecular weight excluding hydrogens is 1480 g/mol. The molecule has 4 amide bonds. The van der Waals surface area contributed by atoms with Gasteiger partial charge in [-0.1, -0.05) is 152 Å². The van der Waals surface area contributed by atoms with Crippen molar-refractivity contribution in [1.29, 1.82) is 0 Å². The van der Waals surface area contributed by atoms with Gasteiger partial charge >= 0.3 is 0 Å². The molecule has 5 aromatic carbocycles. The van der Waals surface area contributed by atoms with Gasteiger partial charge in [-0.3, -0.25) is 47.4 Å². The summed E-state index contributed by atoms with van der Waals surface area (Å²) < 4.78 is 78.4. The number of nitrogens with zero attached hydrogens (tertiary/aromatic N) is 14. The number of rotatable bonds is 23. The van der Waals surface area contributed by atoms with E-state index in [1.165, 1.54) is 12.8 Å². The van der Waals surface area contributed by atoms with Gasteiger partial charge in [0.05, 0.1) is 13.1 Å². The van der Waals surface area contributed by atoms with Crippen molar-refractivity contribution >= 4 is 29.4 Å². The van der Waals surface area contributed by atoms with Gasteiger partial charge in [0.15, 0.2) is 5.78 Å². The molecule has 0 bridgehead atoms. The van der Waals surface area contributed by atoms with Crippen LogP contribution in [0.2, 0.25) is 0 Å². The minimum Gasteiger partial charge on any atom is -0.472 e. The topological polar surface area (TPSA) is 234 Å². The lowest BCUT2D eigenvalue weighted by Crippen LogP contribution is -2.48. The number of Topliss-reactive ketones (excluding diaryl/α,β-unsaturated/α-hetero) is 1. The predicted octanol–water partition coefficient (Wildman–Crippen LogP) is 14.3. The van der Waals surface area contributed by atoms with Gasteiger partial charge < -0.3 is 43.3 Å². The van der Waals surface area contributed by atoms with Crippen molar-refractivity contribution in [1.82, 2.24) is 68.5 Å². The first-order valence-electron chi connectivity index (χ1n) is 40.7. The number of halogens is 3. The van der Waals surface area contributed by atoms with Crippen molar-refractivity contribution in [3.63, 3.8) is 0 Å². The fourth-order valence-corrected chi connectivity index (χ4v) is 15.5. The zero-order valence-corrected chi connectivity index (χ0v) is 66.1. The Bertz CT molecular complexity index is 5000. The molecule has 4 unspecified atom stereocenters. The Morgan fingerprint density at radius 3 is 0.922 bits per heavy atom. The normalized spacial score (nSPS) is 22.2. The van der Waals surface area contributed by atoms with Crippen LogP contribution in [0.5, 0.6) is 29.4 Å². The molecule has 5 aromatic heterocycles. The summed E-state index contributed by atoms with van der Waals surface area (Å²) in [4.78, 5) is 69.9. The van der Waals surface area contributed by atoms with Gasteiger partial charge in [0, 0.05) is 121 Å². The van der Waals surface area contributed by atoms with E-state index in [9.17, 15) is 37.1 Å². The summed E-state index contributed by atoms with van der Waals surface area (Å²) in [7, 11) is 0. The molecule has 4 saturated carbocycles. The van der Waals surface area contributed by atoms with E-state index < -0.39 is 17.0 Å². The minimum atomic E-state index is -1.11. The largest absolute Gasteiger partial charge is 0.472 e. The third-order valence-corrected chi connectivity index (χ3v) is 22.7. The van der Waals surface area contributed by atoms with E-state index in [1.54, 1.807) is 84.3 Å². The molecule has 9 aliphatic rings. The number of fused-ring (bicyclic) bond motifs is 5. The number of carbonyl (C=O) groups excluding carboxylic acids is 5. The third-order valence-electron chi connectivity index (χ3n) is 22.7. The highest BCUT2D eigenvalue weighted by atomic mass is 19.2. The minimum absolute atomic E-state index is 0.0373. The molecule has 4 atom stereocenters. The molecule has 0 radical (unpaired) electrons. The van der Waals surface area contributed by atoms with Crippen LogP contribution in [0.15, 0.2) is 182 Å². The average molecular weight is 1580 g/mol. The van der Waals surface area contributed by atoms with Crippen molar-refractivity contribution in [2.24, 2.45) is 23.7 Å². The highest BCUT2D eigenvalue weighted by Gasteiger charge is 2.53. The molecule has 116 heavy (non-hydrogen) atoms. The number of alkyl halides is 3. The van der Waals surface area contributed by atoms with E-state index >= 15 is 0 Å². The standard InChI is InChI=1S/2C19H22FN3O2.C18H20FN3O2.C18H21N3O2.C15H16N2O2/c1-19(20)11-15(19)12-22-8-5-9-23-16(18(22)24)10-17(21-23)25-13-14-6-3-2-4-7-14;1-19(20)10-15(11-19)12-22-7-8-23-16(18(22)24)9-17(21-23)25-13-14-5-3-2-4-6-14;1-18(19)10-14(18)11-21-7-8-22-15(17(21)23)9-16(20-22)24-12-13-5-3-2-4-6-13;22-18-16-11-17(23-13-15-5-2-1-3-6-15)19-21(16)10-4-9-20(18)12-14-7-8-14;18-14-8-4-5-9-17-13(14)10-15(16-17)19-11-12-6-2-1-3-7-12/h2-4,6-7,10,15H,5,8-9,11-13H2,1H3;2-6,9,15H,7-8,10-13H2,1H3;2-6,9,14H,7-8,10-12H2,1H3;1-3,5-6,11,14H,4,7-10,12-13H2;1-3,6-7,10H,4-5,8-9,11H2. The molecule has 19 rings (SSSR count). The Balaban J connectivity index is 0.000000114. The lowest BCUT2D eigenvalue weighted by molar-refractivity contribution is 0.00498. The van der Waals surface area contributed by atoms with Crippen LogP contribution in [0, 0.1) is 23.7 Å². The summed E-state index contributed by atoms with van der Waals surface area (Å²) in [5.74, 6) is 3.38. The molecule has 4 aliphatic carbocycles. The summed E-state index contributed by atoms with van der Waals surface area (Å²) in [6.07, 6.45) is 9.01. The third kappa shape index (κ3) is 20.8. The number of aryl methyl sites for hydroxylation is 3. The first-order chi connectivity index (χ1) is 56.2. The van der Waals surface area contributed by atoms with Crippen molar-refractivity contribution in [2.75, 3.05) is 52.4 Å². The van der Waals surface area contributed by atoms with Crippen LogP contribution in [0.25, 0.3) is 0 Å². The van der Waals surface area contributed by atoms with Crippen LogP contribution in [-0.2, 0) is 65.8 Å². The van der Waals surface area contributed by atoms with E-state index in [0.29, 0.717) is 188 Å². The summed E-state index contributed by atoms with van der Waals surface area (Å²) in [5, 5.41) is 21.9. The maximum atomic E-state index is 13.8. The number of aromatic nitrogens is 10. The predicted molar refractivity (Wildman–Crippen MR) is 426 cm³/mol. The molecule has 4 fully saturated rings. The average Bonchev–Trinajstić information content (AvgIpc) is 1.66. The lowest BCUT2D eigenvalue weighted by atomic mass is 9.73. The van der Waals surface area contributed by atoms with Crippen LogP contribution < -0.4 is 23.7 Å². The maximum Gasteiger partial charge on any atom is 0.272 e. The Kier molecular flexibility index (Phi) is 24.5. The number of ether oxygens (including phenoxy) is 5. The number of ketones is 1. The molecule has 27 heteroatoms. The summed E-state index contributed by atoms with van der Waals surface area (Å²) in [6.45, 7) is 15.7. The van der Waals surface area contributed by atoms with Crippen molar-refractivity contribution < 1.29 is 60.8 Å². The number of hydrogen-bond donors (Lipinski definition) is 0. The Morgan fingerprint density at radius 2 is 0.603 bits per heavy atom. The molecule has 5 aliphatic heterocycles. The fraction of sp³-hybridized carbons (Fsp3) is 0.438. The Hall–Kier alpha value is -11.5. The second kappa shape index (κ2) is 35.7. The molecule has 0 N–H and O–H groups in total. The zero-order chi connectivity index (χ0) is 80.3. The van der Waals surface area contributed by atoms with Gasteiger partial charge in [-0.15, -0.1) is 25.5 Å². The SMILES string of the molecule is CC1(F)CC(CN2CCn3nc(OCc4ccccc4)cc3C2=O)C1.CC1(F)CC1CN1CCCn2nc(OCc3ccccc3)cc2C1=O.CC1(F)CC1CN1CCn2nc(OCc3ccccc3)cc2C1=O.O=C1CCCCn2nc(OCc3ccccc3)cc21.O=C1c2cc(OCc3ccccc3)nn2CCCN1CC1CC1. The highest BCUT2D eigenvalue weighted by molar-refractivity contribution is 5.96. The molecule has 24 nitrogen and oxygen atoms in total. The quantitative estimate of drug-likeness (QED) is 0.0579. The smallest absolute Gasteiger partial charge is 0.272 e. The first kappa shape index (κ1) is 79.7. The van der Waals surface area contributed by atoms with Gasteiger partial charge in [0.1, 0.15) is 78.5 Å². The highest BCUT2D eigenvalue weighted by Crippen LogP contribution is 2.49. The molecule has 608 valence electrons. The Morgan fingerprint density at radius 1 is 0.328 bits per heavy atom. The van der Waals surface area contributed by atoms with Crippen LogP contribution in [0.4, 0.5) is 13.2 Å². The van der Waals surface area contributed by atoms with Crippen molar-refractivity contribution in [3.05, 3.63) is 238 Å². The van der Waals surface area contributed by atoms with Gasteiger partial charge in [0.2, 0.25) is 29.4 Å². The molecule has 0 saturated heterocycles. The van der Waals surface area contributed by atoms with E-state index in [0.717, 1.165) is 79.7 Å². The molecule has 10 aromatic rings. The zero-order valence-electron chi connectivity index (χ0n) is 66.1. The number of hydrogen-bond acceptors (Lipinski definition) is 15. The van der Waals surface area contributed by atoms with E-state index in [2.05, 4.69) is 25.5 Å². The van der Waals surface area contributed by atoms with Crippen LogP contribution in [-0.4, -0.2) is 167 Å². The van der Waals surface area contributed by atoms with Crippen molar-refractivity contribution in [3.8, 4) is 29.4 Å². The summed E-state index contributed by atoms with van der Waals surface area (Å²) in [6, 6.07) is 58.1. The first-order valence-corrected chi connectivity index (χ1v) is 40.7. The summed E-state index contributed by atoms with van der Waals surface area (Å²) in [5.41, 5.74) is 5.01. The second-order valence-corrected chi connectivity index (χ2v) is 32.4. The van der Waals surface area contributed by atoms with E-state index in [4.69, 9.17) is 23.7 Å². The molecule has 0 spiro atoms. The van der Waals surface area contributed by atoms with Gasteiger partial charge in [0.25, 0.3) is 23.6 Å². The van der Waals surface area contributed by atoms with Gasteiger partial charge in [-0.2, -0.15) is 0 Å². The second-order valence-electron chi connectivity index (χ2n) is 32.4. The van der Waals surface area contributed by atoms with Crippen LogP contribution >= 0.6 is 0 Å². The Labute approximate surface area is 673 Å². The lowest BCUT2D eigenvalue weighted by Gasteiger charge is -2.41. The van der Waals surface area contributed by atoms with Gasteiger partial charge in [-0.25, -0.2) is 13.2 Å². The van der Waals surface area contributed by atoms with E-state index in [1.807, 2.05) is 161 Å². The van der Waals surface area contributed by atoms with Crippen LogP contribution in [0.3, 0.4) is 0 Å².